The summed E-state index contributed by atoms with van der Waals surface area (Å²) in [6.07, 6.45) is 0.633. The Balaban J connectivity index is 1.63. The van der Waals surface area contributed by atoms with Crippen LogP contribution in [0.15, 0.2) is 60.8 Å². The van der Waals surface area contributed by atoms with Crippen molar-refractivity contribution in [3.8, 4) is 11.4 Å². The van der Waals surface area contributed by atoms with Crippen LogP contribution >= 0.6 is 0 Å². The Bertz CT molecular complexity index is 998. The quantitative estimate of drug-likeness (QED) is 0.439. The van der Waals surface area contributed by atoms with Gasteiger partial charge in [0.1, 0.15) is 5.75 Å². The molecule has 3 rings (SSSR count). The molecule has 8 heteroatoms. The van der Waals surface area contributed by atoms with E-state index in [0.29, 0.717) is 5.56 Å². The summed E-state index contributed by atoms with van der Waals surface area (Å²) in [6.45, 7) is 0.417. The van der Waals surface area contributed by atoms with Crippen LogP contribution in [0.25, 0.3) is 5.69 Å². The Labute approximate surface area is 165 Å². The van der Waals surface area contributed by atoms with E-state index >= 15 is 0 Å². The molecule has 0 saturated heterocycles. The molecular formula is C21H18F2N2O4. The van der Waals surface area contributed by atoms with Gasteiger partial charge in [-0.15, -0.1) is 0 Å². The molecule has 0 fully saturated rings. The summed E-state index contributed by atoms with van der Waals surface area (Å²) in [7, 11) is 0. The van der Waals surface area contributed by atoms with Gasteiger partial charge in [-0.2, -0.15) is 13.9 Å². The smallest absolute Gasteiger partial charge is 0.387 e. The van der Waals surface area contributed by atoms with Gasteiger partial charge in [0.2, 0.25) is 5.78 Å². The molecular weight excluding hydrogens is 382 g/mol. The summed E-state index contributed by atoms with van der Waals surface area (Å²) in [6, 6.07) is 13.7. The third kappa shape index (κ3) is 4.84. The van der Waals surface area contributed by atoms with Crippen LogP contribution in [0.4, 0.5) is 8.78 Å². The number of aromatic nitrogens is 2. The molecule has 29 heavy (non-hydrogen) atoms. The normalized spacial score (nSPS) is 11.9. The molecule has 2 aromatic carbocycles. The van der Waals surface area contributed by atoms with Crippen molar-refractivity contribution in [2.45, 2.75) is 26.6 Å². The maximum Gasteiger partial charge on any atom is 0.387 e. The van der Waals surface area contributed by atoms with Gasteiger partial charge in [0.15, 0.2) is 6.10 Å². The summed E-state index contributed by atoms with van der Waals surface area (Å²) in [5, 5.41) is 4.19. The highest BCUT2D eigenvalue weighted by Crippen LogP contribution is 2.17. The first kappa shape index (κ1) is 20.2. The minimum atomic E-state index is -2.94. The van der Waals surface area contributed by atoms with E-state index in [1.54, 1.807) is 35.1 Å². The first-order valence-electron chi connectivity index (χ1n) is 8.76. The number of rotatable bonds is 7. The molecule has 0 bridgehead atoms. The monoisotopic (exact) mass is 400 g/mol. The van der Waals surface area contributed by atoms with E-state index in [-0.39, 0.29) is 11.3 Å². The van der Waals surface area contributed by atoms with E-state index in [0.717, 1.165) is 11.4 Å². The number of ether oxygens (including phenoxy) is 2. The van der Waals surface area contributed by atoms with E-state index in [9.17, 15) is 18.4 Å². The van der Waals surface area contributed by atoms with E-state index in [1.165, 1.54) is 31.2 Å². The molecule has 1 atom stereocenters. The number of alkyl halides is 2. The van der Waals surface area contributed by atoms with E-state index < -0.39 is 24.5 Å². The highest BCUT2D eigenvalue weighted by molar-refractivity contribution is 6.01. The second kappa shape index (κ2) is 8.64. The van der Waals surface area contributed by atoms with Gasteiger partial charge in [-0.3, -0.25) is 4.79 Å². The fraction of sp³-hybridized carbons (Fsp3) is 0.190. The zero-order chi connectivity index (χ0) is 21.0. The highest BCUT2D eigenvalue weighted by Gasteiger charge is 2.21. The van der Waals surface area contributed by atoms with Crippen LogP contribution in [0.1, 0.15) is 33.3 Å². The topological polar surface area (TPSA) is 70.4 Å². The number of hydrogen-bond donors (Lipinski definition) is 0. The maximum atomic E-state index is 12.4. The SMILES string of the molecule is Cc1ccnn1-c1ccc(C(=O)O[C@@H](C)C(=O)c2ccc(OC(F)F)cc2)cc1. The predicted octanol–water partition coefficient (Wildman–Crippen LogP) is 4.21. The number of hydrogen-bond acceptors (Lipinski definition) is 5. The van der Waals surface area contributed by atoms with Crippen molar-refractivity contribution in [2.75, 3.05) is 0 Å². The summed E-state index contributed by atoms with van der Waals surface area (Å²) >= 11 is 0. The van der Waals surface area contributed by atoms with Gasteiger partial charge in [-0.1, -0.05) is 0 Å². The first-order valence-corrected chi connectivity index (χ1v) is 8.76. The molecule has 150 valence electrons. The number of benzene rings is 2. The minimum absolute atomic E-state index is 0.0614. The zero-order valence-corrected chi connectivity index (χ0v) is 15.7. The Morgan fingerprint density at radius 2 is 1.59 bits per heavy atom. The summed E-state index contributed by atoms with van der Waals surface area (Å²) in [5.74, 6) is -1.16. The summed E-state index contributed by atoms with van der Waals surface area (Å²) in [5.41, 5.74) is 2.25. The number of esters is 1. The number of carbonyl (C=O) groups is 2. The van der Waals surface area contributed by atoms with Crippen LogP contribution in [0, 0.1) is 6.92 Å². The average molecular weight is 400 g/mol. The Kier molecular flexibility index (Phi) is 6.01. The number of halogens is 2. The third-order valence-electron chi connectivity index (χ3n) is 4.20. The van der Waals surface area contributed by atoms with Crippen molar-refractivity contribution >= 4 is 11.8 Å². The van der Waals surface area contributed by atoms with Gasteiger partial charge in [0, 0.05) is 17.5 Å². The molecule has 0 radical (unpaired) electrons. The Hall–Kier alpha value is -3.55. The molecule has 0 N–H and O–H groups in total. The van der Waals surface area contributed by atoms with Crippen molar-refractivity contribution in [2.24, 2.45) is 0 Å². The number of nitrogens with zero attached hydrogens (tertiary/aromatic N) is 2. The van der Waals surface area contributed by atoms with Crippen molar-refractivity contribution in [1.29, 1.82) is 0 Å². The van der Waals surface area contributed by atoms with Crippen molar-refractivity contribution in [3.05, 3.63) is 77.6 Å². The largest absolute Gasteiger partial charge is 0.451 e. The average Bonchev–Trinajstić information content (AvgIpc) is 3.13. The molecule has 0 amide bonds. The van der Waals surface area contributed by atoms with Gasteiger partial charge in [0.25, 0.3) is 0 Å². The van der Waals surface area contributed by atoms with Crippen LogP contribution < -0.4 is 4.74 Å². The fourth-order valence-corrected chi connectivity index (χ4v) is 2.70. The summed E-state index contributed by atoms with van der Waals surface area (Å²) < 4.78 is 35.6. The molecule has 1 heterocycles. The Morgan fingerprint density at radius 1 is 0.966 bits per heavy atom. The van der Waals surface area contributed by atoms with Crippen LogP contribution in [-0.2, 0) is 4.74 Å². The second-order valence-corrected chi connectivity index (χ2v) is 6.25. The van der Waals surface area contributed by atoms with E-state index in [1.807, 2.05) is 13.0 Å². The lowest BCUT2D eigenvalue weighted by Crippen LogP contribution is -2.24. The summed E-state index contributed by atoms with van der Waals surface area (Å²) in [4.78, 5) is 24.7. The molecule has 1 aromatic heterocycles. The van der Waals surface area contributed by atoms with Crippen LogP contribution in [-0.4, -0.2) is 34.2 Å². The molecule has 0 aliphatic heterocycles. The third-order valence-corrected chi connectivity index (χ3v) is 4.20. The molecule has 6 nitrogen and oxygen atoms in total. The van der Waals surface area contributed by atoms with Crippen LogP contribution in [0.3, 0.4) is 0 Å². The van der Waals surface area contributed by atoms with Crippen LogP contribution in [0.2, 0.25) is 0 Å². The van der Waals surface area contributed by atoms with Gasteiger partial charge >= 0.3 is 12.6 Å². The van der Waals surface area contributed by atoms with Crippen molar-refractivity contribution < 1.29 is 27.8 Å². The zero-order valence-electron chi connectivity index (χ0n) is 15.7. The highest BCUT2D eigenvalue weighted by atomic mass is 19.3. The number of carbonyl (C=O) groups excluding carboxylic acids is 2. The lowest BCUT2D eigenvalue weighted by Gasteiger charge is -2.13. The number of Topliss-reactive ketones (excluding diaryl/α,β-unsaturated/α-hetero) is 1. The van der Waals surface area contributed by atoms with Gasteiger partial charge in [-0.05, 0) is 68.4 Å². The lowest BCUT2D eigenvalue weighted by molar-refractivity contribution is -0.0498. The van der Waals surface area contributed by atoms with Gasteiger partial charge in [-0.25, -0.2) is 9.48 Å². The molecule has 0 aliphatic rings. The number of ketones is 1. The van der Waals surface area contributed by atoms with E-state index in [4.69, 9.17) is 4.74 Å². The molecule has 0 saturated carbocycles. The number of aryl methyl sites for hydroxylation is 1. The lowest BCUT2D eigenvalue weighted by atomic mass is 10.1. The van der Waals surface area contributed by atoms with Gasteiger partial charge in [0.05, 0.1) is 11.3 Å². The first-order chi connectivity index (χ1) is 13.8. The molecule has 0 aliphatic carbocycles. The fourth-order valence-electron chi connectivity index (χ4n) is 2.70. The predicted molar refractivity (Wildman–Crippen MR) is 101 cm³/mol. The standard InChI is InChI=1S/C21H18F2N2O4/c1-13-11-12-24-25(13)17-7-3-16(4-8-17)20(27)28-14(2)19(26)15-5-9-18(10-6-15)29-21(22)23/h3-12,14,21H,1-2H3/t14-/m0/s1. The van der Waals surface area contributed by atoms with Gasteiger partial charge < -0.3 is 9.47 Å². The van der Waals surface area contributed by atoms with Crippen molar-refractivity contribution in [3.63, 3.8) is 0 Å². The van der Waals surface area contributed by atoms with E-state index in [2.05, 4.69) is 9.84 Å². The molecule has 0 unspecified atom stereocenters. The Morgan fingerprint density at radius 3 is 2.14 bits per heavy atom. The molecule has 3 aromatic rings. The second-order valence-electron chi connectivity index (χ2n) is 6.25. The minimum Gasteiger partial charge on any atom is -0.451 e. The van der Waals surface area contributed by atoms with Crippen LogP contribution in [0.5, 0.6) is 5.75 Å². The van der Waals surface area contributed by atoms with Crippen molar-refractivity contribution in [1.82, 2.24) is 9.78 Å². The molecule has 0 spiro atoms. The maximum absolute atomic E-state index is 12.4.